The van der Waals surface area contributed by atoms with Crippen LogP contribution in [0.1, 0.15) is 56.2 Å². The molecule has 0 radical (unpaired) electrons. The number of aromatic carboxylic acids is 1. The molecule has 1 aliphatic heterocycles. The van der Waals surface area contributed by atoms with Crippen LogP contribution in [0.4, 0.5) is 5.69 Å². The van der Waals surface area contributed by atoms with Crippen LogP contribution in [0.2, 0.25) is 0 Å². The highest BCUT2D eigenvalue weighted by Gasteiger charge is 2.32. The number of pyridine rings is 1. The van der Waals surface area contributed by atoms with E-state index in [1.54, 1.807) is 60.4 Å². The average Bonchev–Trinajstić information content (AvgIpc) is 3.00. The van der Waals surface area contributed by atoms with Gasteiger partial charge in [-0.15, -0.1) is 11.8 Å². The first-order valence-electron chi connectivity index (χ1n) is 12.8. The van der Waals surface area contributed by atoms with E-state index in [0.29, 0.717) is 23.4 Å². The molecule has 0 saturated carbocycles. The summed E-state index contributed by atoms with van der Waals surface area (Å²) in [6, 6.07) is 25.2. The van der Waals surface area contributed by atoms with Gasteiger partial charge in [0.1, 0.15) is 0 Å². The molecule has 0 bridgehead atoms. The van der Waals surface area contributed by atoms with E-state index >= 15 is 0 Å². The van der Waals surface area contributed by atoms with Gasteiger partial charge in [-0.1, -0.05) is 36.4 Å². The van der Waals surface area contributed by atoms with E-state index in [9.17, 15) is 14.7 Å². The Hall–Kier alpha value is -4.02. The van der Waals surface area contributed by atoms with Crippen LogP contribution in [0.3, 0.4) is 0 Å². The lowest BCUT2D eigenvalue weighted by Crippen LogP contribution is -2.31. The maximum Gasteiger partial charge on any atom is 0.335 e. The molecule has 9 heteroatoms. The molecule has 204 valence electrons. The van der Waals surface area contributed by atoms with Crippen molar-refractivity contribution in [3.05, 3.63) is 125 Å². The van der Waals surface area contributed by atoms with Gasteiger partial charge in [0, 0.05) is 40.7 Å². The fourth-order valence-electron chi connectivity index (χ4n) is 4.37. The number of aliphatic hydroxyl groups excluding tert-OH is 1. The van der Waals surface area contributed by atoms with Crippen molar-refractivity contribution in [2.45, 2.75) is 36.4 Å². The Morgan fingerprint density at radius 3 is 2.42 bits per heavy atom. The van der Waals surface area contributed by atoms with Gasteiger partial charge in [-0.05, 0) is 59.7 Å². The van der Waals surface area contributed by atoms with Crippen LogP contribution in [0.5, 0.6) is 0 Å². The van der Waals surface area contributed by atoms with Gasteiger partial charge in [0.05, 0.1) is 29.9 Å². The van der Waals surface area contributed by atoms with Crippen molar-refractivity contribution < 1.29 is 29.3 Å². The highest BCUT2D eigenvalue weighted by Crippen LogP contribution is 2.40. The third kappa shape index (κ3) is 6.94. The Bertz CT molecular complexity index is 1450. The molecule has 2 heterocycles. The van der Waals surface area contributed by atoms with Crippen molar-refractivity contribution in [3.63, 3.8) is 0 Å². The van der Waals surface area contributed by atoms with Crippen LogP contribution < -0.4 is 5.32 Å². The van der Waals surface area contributed by atoms with Crippen molar-refractivity contribution >= 4 is 29.3 Å². The van der Waals surface area contributed by atoms with Gasteiger partial charge < -0.3 is 25.0 Å². The minimum atomic E-state index is -0.957. The molecule has 40 heavy (non-hydrogen) atoms. The molecule has 4 aromatic rings. The summed E-state index contributed by atoms with van der Waals surface area (Å²) < 4.78 is 12.8. The molecule has 3 atom stereocenters. The van der Waals surface area contributed by atoms with Gasteiger partial charge in [-0.2, -0.15) is 0 Å². The van der Waals surface area contributed by atoms with Crippen LogP contribution in [-0.4, -0.2) is 38.9 Å². The lowest BCUT2D eigenvalue weighted by atomic mass is 10.0. The van der Waals surface area contributed by atoms with E-state index in [4.69, 9.17) is 14.6 Å². The number of carboxylic acids is 1. The van der Waals surface area contributed by atoms with Gasteiger partial charge in [0.2, 0.25) is 0 Å². The number of nitrogens with one attached hydrogen (secondary N) is 1. The Morgan fingerprint density at radius 1 is 0.925 bits per heavy atom. The summed E-state index contributed by atoms with van der Waals surface area (Å²) >= 11 is 1.59. The van der Waals surface area contributed by atoms with Crippen LogP contribution in [0.15, 0.2) is 102 Å². The zero-order chi connectivity index (χ0) is 27.9. The molecule has 0 aliphatic carbocycles. The summed E-state index contributed by atoms with van der Waals surface area (Å²) in [5.41, 5.74) is 3.87. The Morgan fingerprint density at radius 2 is 1.73 bits per heavy atom. The Labute approximate surface area is 236 Å². The number of carbonyl (C=O) groups excluding carboxylic acids is 1. The first kappa shape index (κ1) is 27.5. The molecule has 1 aromatic heterocycles. The quantitative estimate of drug-likeness (QED) is 0.219. The molecule has 3 unspecified atom stereocenters. The number of anilines is 1. The van der Waals surface area contributed by atoms with Gasteiger partial charge in [-0.3, -0.25) is 9.78 Å². The number of aliphatic hydroxyl groups is 1. The number of ether oxygens (including phenoxy) is 2. The van der Waals surface area contributed by atoms with E-state index in [1.807, 2.05) is 42.5 Å². The number of aromatic nitrogens is 1. The van der Waals surface area contributed by atoms with Gasteiger partial charge in [0.15, 0.2) is 6.29 Å². The van der Waals surface area contributed by atoms with Crippen LogP contribution in [0.25, 0.3) is 0 Å². The largest absolute Gasteiger partial charge is 0.478 e. The highest BCUT2D eigenvalue weighted by atomic mass is 32.2. The molecule has 1 fully saturated rings. The van der Waals surface area contributed by atoms with E-state index in [0.717, 1.165) is 21.6 Å². The summed E-state index contributed by atoms with van der Waals surface area (Å²) in [5.74, 6) is -0.587. The fraction of sp³-hybridized carbons (Fsp3) is 0.194. The van der Waals surface area contributed by atoms with E-state index < -0.39 is 12.3 Å². The summed E-state index contributed by atoms with van der Waals surface area (Å²) in [5, 5.41) is 21.5. The third-order valence-electron chi connectivity index (χ3n) is 6.49. The summed E-state index contributed by atoms with van der Waals surface area (Å²) in [6.07, 6.45) is 2.65. The molecule has 1 amide bonds. The third-order valence-corrected chi connectivity index (χ3v) is 7.64. The number of amides is 1. The second kappa shape index (κ2) is 12.9. The van der Waals surface area contributed by atoms with Crippen molar-refractivity contribution in [2.24, 2.45) is 0 Å². The van der Waals surface area contributed by atoms with Crippen molar-refractivity contribution in [3.8, 4) is 0 Å². The number of nitrogens with zero attached hydrogens (tertiary/aromatic N) is 1. The molecular formula is C31H28N2O6S. The first-order valence-corrected chi connectivity index (χ1v) is 13.7. The van der Waals surface area contributed by atoms with Crippen molar-refractivity contribution in [2.75, 3.05) is 11.1 Å². The standard InChI is InChI=1S/C31H28N2O6S/c34-18-20-6-8-21(9-7-20)28-16-26(19-40-27-12-10-22(11-13-27)30(36)37)38-31(39-28)23-3-1-5-25(15-23)33-29(35)24-4-2-14-32-17-24/h1-15,17,26,28,31,34H,16,18-19H2,(H,33,35)(H,36,37). The monoisotopic (exact) mass is 556 g/mol. The zero-order valence-electron chi connectivity index (χ0n) is 21.5. The maximum absolute atomic E-state index is 12.7. The summed E-state index contributed by atoms with van der Waals surface area (Å²) in [7, 11) is 0. The SMILES string of the molecule is O=C(O)c1ccc(SCC2CC(c3ccc(CO)cc3)OC(c3cccc(NC(=O)c4cccnc4)c3)O2)cc1. The second-order valence-corrected chi connectivity index (χ2v) is 10.4. The minimum absolute atomic E-state index is 0.0327. The molecule has 3 aromatic carbocycles. The van der Waals surface area contributed by atoms with Gasteiger partial charge >= 0.3 is 5.97 Å². The Balaban J connectivity index is 1.34. The normalized spacial score (nSPS) is 18.7. The predicted molar refractivity (Wildman–Crippen MR) is 151 cm³/mol. The summed E-state index contributed by atoms with van der Waals surface area (Å²) in [6.45, 7) is -0.0327. The lowest BCUT2D eigenvalue weighted by Gasteiger charge is -2.36. The van der Waals surface area contributed by atoms with Crippen LogP contribution >= 0.6 is 11.8 Å². The number of hydrogen-bond acceptors (Lipinski definition) is 7. The molecule has 8 nitrogen and oxygen atoms in total. The first-order chi connectivity index (χ1) is 19.5. The topological polar surface area (TPSA) is 118 Å². The van der Waals surface area contributed by atoms with Crippen LogP contribution in [0, 0.1) is 0 Å². The predicted octanol–water partition coefficient (Wildman–Crippen LogP) is 5.86. The average molecular weight is 557 g/mol. The van der Waals surface area contributed by atoms with E-state index in [-0.39, 0.29) is 30.3 Å². The molecule has 3 N–H and O–H groups in total. The van der Waals surface area contributed by atoms with Crippen molar-refractivity contribution in [1.29, 1.82) is 0 Å². The number of carboxylic acid groups (broad SMARTS) is 1. The number of carbonyl (C=O) groups is 2. The van der Waals surface area contributed by atoms with E-state index in [1.165, 1.54) is 6.20 Å². The van der Waals surface area contributed by atoms with Gasteiger partial charge in [0.25, 0.3) is 5.91 Å². The minimum Gasteiger partial charge on any atom is -0.478 e. The summed E-state index contributed by atoms with van der Waals surface area (Å²) in [4.78, 5) is 28.8. The molecule has 1 saturated heterocycles. The van der Waals surface area contributed by atoms with Crippen molar-refractivity contribution in [1.82, 2.24) is 4.98 Å². The molecule has 5 rings (SSSR count). The number of rotatable bonds is 9. The number of hydrogen-bond donors (Lipinski definition) is 3. The number of benzene rings is 3. The second-order valence-electron chi connectivity index (χ2n) is 9.31. The molecule has 1 aliphatic rings. The molecular weight excluding hydrogens is 528 g/mol. The van der Waals surface area contributed by atoms with Gasteiger partial charge in [-0.25, -0.2) is 4.79 Å². The lowest BCUT2D eigenvalue weighted by molar-refractivity contribution is -0.245. The molecule has 0 spiro atoms. The zero-order valence-corrected chi connectivity index (χ0v) is 22.3. The fourth-order valence-corrected chi connectivity index (χ4v) is 5.29. The highest BCUT2D eigenvalue weighted by molar-refractivity contribution is 7.99. The smallest absolute Gasteiger partial charge is 0.335 e. The maximum atomic E-state index is 12.7. The van der Waals surface area contributed by atoms with Crippen LogP contribution in [-0.2, 0) is 16.1 Å². The Kier molecular flexibility index (Phi) is 8.87. The number of thioether (sulfide) groups is 1. The van der Waals surface area contributed by atoms with E-state index in [2.05, 4.69) is 10.3 Å².